The lowest BCUT2D eigenvalue weighted by Gasteiger charge is -2.03. The van der Waals surface area contributed by atoms with Gasteiger partial charge in [-0.1, -0.05) is 12.1 Å². The fourth-order valence-corrected chi connectivity index (χ4v) is 1.28. The van der Waals surface area contributed by atoms with Gasteiger partial charge in [0.1, 0.15) is 5.82 Å². The van der Waals surface area contributed by atoms with Crippen molar-refractivity contribution in [1.29, 1.82) is 0 Å². The number of nitrogens with one attached hydrogen (secondary N) is 1. The number of rotatable bonds is 1. The second-order valence-electron chi connectivity index (χ2n) is 2.91. The Balaban J connectivity index is 2.81. The van der Waals surface area contributed by atoms with E-state index in [0.29, 0.717) is 0 Å². The van der Waals surface area contributed by atoms with Crippen molar-refractivity contribution < 1.29 is 4.39 Å². The maximum Gasteiger partial charge on any atom is 0.333 e. The number of aromatic amines is 1. The van der Waals surface area contributed by atoms with Gasteiger partial charge in [0.05, 0.1) is 5.69 Å². The topological polar surface area (TPSA) is 54.9 Å². The van der Waals surface area contributed by atoms with Gasteiger partial charge >= 0.3 is 5.69 Å². The van der Waals surface area contributed by atoms with Gasteiger partial charge in [-0.15, -0.1) is 0 Å². The Hall–Kier alpha value is -2.17. The van der Waals surface area contributed by atoms with Gasteiger partial charge < -0.3 is 4.98 Å². The monoisotopic (exact) mass is 206 g/mol. The summed E-state index contributed by atoms with van der Waals surface area (Å²) in [6.45, 7) is 0. The van der Waals surface area contributed by atoms with Gasteiger partial charge in [0.25, 0.3) is 5.56 Å². The van der Waals surface area contributed by atoms with Crippen molar-refractivity contribution in [3.63, 3.8) is 0 Å². The van der Waals surface area contributed by atoms with Crippen LogP contribution in [0.4, 0.5) is 4.39 Å². The first-order valence-corrected chi connectivity index (χ1v) is 4.26. The summed E-state index contributed by atoms with van der Waals surface area (Å²) < 4.78 is 14.1. The van der Waals surface area contributed by atoms with Crippen LogP contribution in [0.15, 0.2) is 46.1 Å². The molecule has 0 radical (unpaired) electrons. The Kier molecular flexibility index (Phi) is 2.21. The van der Waals surface area contributed by atoms with Crippen molar-refractivity contribution >= 4 is 0 Å². The van der Waals surface area contributed by atoms with Crippen molar-refractivity contribution in [2.24, 2.45) is 0 Å². The molecule has 1 aromatic carbocycles. The zero-order valence-corrected chi connectivity index (χ0v) is 7.61. The molecule has 1 aromatic heterocycles. The third-order valence-corrected chi connectivity index (χ3v) is 1.95. The maximum absolute atomic E-state index is 13.3. The summed E-state index contributed by atoms with van der Waals surface area (Å²) in [4.78, 5) is 25.0. The second kappa shape index (κ2) is 3.53. The summed E-state index contributed by atoms with van der Waals surface area (Å²) in [6, 6.07) is 6.76. The van der Waals surface area contributed by atoms with Crippen LogP contribution in [0.25, 0.3) is 5.69 Å². The third kappa shape index (κ3) is 1.59. The zero-order chi connectivity index (χ0) is 10.8. The Morgan fingerprint density at radius 2 is 1.87 bits per heavy atom. The van der Waals surface area contributed by atoms with Crippen molar-refractivity contribution in [3.05, 3.63) is 63.2 Å². The molecule has 0 saturated heterocycles. The van der Waals surface area contributed by atoms with E-state index in [9.17, 15) is 14.0 Å². The Morgan fingerprint density at radius 1 is 1.13 bits per heavy atom. The molecule has 1 heterocycles. The number of hydrogen-bond acceptors (Lipinski definition) is 2. The van der Waals surface area contributed by atoms with Crippen molar-refractivity contribution in [3.8, 4) is 5.69 Å². The third-order valence-electron chi connectivity index (χ3n) is 1.95. The van der Waals surface area contributed by atoms with Gasteiger partial charge in [-0.25, -0.2) is 13.8 Å². The molecular formula is C10H7FN2O2. The number of nitrogens with zero attached hydrogens (tertiary/aromatic N) is 1. The average molecular weight is 206 g/mol. The molecule has 0 saturated carbocycles. The molecule has 0 bridgehead atoms. The molecule has 0 fully saturated rings. The first-order valence-electron chi connectivity index (χ1n) is 4.26. The van der Waals surface area contributed by atoms with Gasteiger partial charge in [0.2, 0.25) is 0 Å². The number of halogens is 1. The van der Waals surface area contributed by atoms with E-state index >= 15 is 0 Å². The SMILES string of the molecule is O=c1cc[nH]c(=O)n1-c1ccccc1F. The molecular weight excluding hydrogens is 199 g/mol. The lowest BCUT2D eigenvalue weighted by molar-refractivity contribution is 0.612. The number of benzene rings is 1. The summed E-state index contributed by atoms with van der Waals surface area (Å²) >= 11 is 0. The summed E-state index contributed by atoms with van der Waals surface area (Å²) in [5, 5.41) is 0. The summed E-state index contributed by atoms with van der Waals surface area (Å²) in [6.07, 6.45) is 1.22. The number of para-hydroxylation sites is 1. The van der Waals surface area contributed by atoms with Crippen LogP contribution in [0.5, 0.6) is 0 Å². The lowest BCUT2D eigenvalue weighted by Crippen LogP contribution is -2.32. The van der Waals surface area contributed by atoms with Crippen LogP contribution in [-0.4, -0.2) is 9.55 Å². The smallest absolute Gasteiger partial charge is 0.314 e. The predicted molar refractivity (Wildman–Crippen MR) is 52.6 cm³/mol. The van der Waals surface area contributed by atoms with Gasteiger partial charge in [-0.3, -0.25) is 4.79 Å². The minimum Gasteiger partial charge on any atom is -0.314 e. The highest BCUT2D eigenvalue weighted by atomic mass is 19.1. The standard InChI is InChI=1S/C10H7FN2O2/c11-7-3-1-2-4-8(7)13-9(14)5-6-12-10(13)15/h1-6H,(H,12,15). The molecule has 4 nitrogen and oxygen atoms in total. The van der Waals surface area contributed by atoms with Gasteiger partial charge in [0, 0.05) is 12.3 Å². The van der Waals surface area contributed by atoms with Crippen LogP contribution in [0.3, 0.4) is 0 Å². The molecule has 2 aromatic rings. The second-order valence-corrected chi connectivity index (χ2v) is 2.91. The Bertz CT molecular complexity index is 572. The zero-order valence-electron chi connectivity index (χ0n) is 7.61. The number of H-pyrrole nitrogens is 1. The van der Waals surface area contributed by atoms with Gasteiger partial charge in [0.15, 0.2) is 0 Å². The lowest BCUT2D eigenvalue weighted by atomic mass is 10.3. The van der Waals surface area contributed by atoms with E-state index in [0.717, 1.165) is 10.6 Å². The normalized spacial score (nSPS) is 10.2. The quantitative estimate of drug-likeness (QED) is 0.745. The van der Waals surface area contributed by atoms with E-state index in [-0.39, 0.29) is 5.69 Å². The first-order chi connectivity index (χ1) is 7.20. The average Bonchev–Trinajstić information content (AvgIpc) is 2.20. The fourth-order valence-electron chi connectivity index (χ4n) is 1.28. The molecule has 0 aliphatic heterocycles. The summed E-state index contributed by atoms with van der Waals surface area (Å²) in [5.41, 5.74) is -1.28. The molecule has 76 valence electrons. The molecule has 0 aliphatic carbocycles. The number of aromatic nitrogens is 2. The van der Waals surface area contributed by atoms with Gasteiger partial charge in [-0.2, -0.15) is 0 Å². The molecule has 0 amide bonds. The van der Waals surface area contributed by atoms with E-state index in [2.05, 4.69) is 4.98 Å². The molecule has 1 N–H and O–H groups in total. The number of hydrogen-bond donors (Lipinski definition) is 1. The molecule has 0 unspecified atom stereocenters. The molecule has 5 heteroatoms. The highest BCUT2D eigenvalue weighted by molar-refractivity contribution is 5.32. The minimum atomic E-state index is -0.660. The van der Waals surface area contributed by atoms with E-state index in [1.807, 2.05) is 0 Å². The molecule has 0 atom stereocenters. The summed E-state index contributed by atoms with van der Waals surface area (Å²) in [5.74, 6) is -0.615. The van der Waals surface area contributed by atoms with Gasteiger partial charge in [-0.05, 0) is 12.1 Å². The van der Waals surface area contributed by atoms with Crippen molar-refractivity contribution in [2.45, 2.75) is 0 Å². The van der Waals surface area contributed by atoms with Crippen LogP contribution in [0, 0.1) is 5.82 Å². The highest BCUT2D eigenvalue weighted by Crippen LogP contribution is 2.07. The van der Waals surface area contributed by atoms with Crippen LogP contribution in [0.1, 0.15) is 0 Å². The summed E-state index contributed by atoms with van der Waals surface area (Å²) in [7, 11) is 0. The predicted octanol–water partition coefficient (Wildman–Crippen LogP) is 0.665. The molecule has 15 heavy (non-hydrogen) atoms. The van der Waals surface area contributed by atoms with Crippen LogP contribution in [0.2, 0.25) is 0 Å². The fraction of sp³-hybridized carbons (Fsp3) is 0. The van der Waals surface area contributed by atoms with Crippen LogP contribution >= 0.6 is 0 Å². The first kappa shape index (κ1) is 9.39. The van der Waals surface area contributed by atoms with E-state index in [4.69, 9.17) is 0 Å². The Labute approximate surface area is 83.6 Å². The van der Waals surface area contributed by atoms with E-state index < -0.39 is 17.1 Å². The van der Waals surface area contributed by atoms with Crippen molar-refractivity contribution in [1.82, 2.24) is 9.55 Å². The highest BCUT2D eigenvalue weighted by Gasteiger charge is 2.07. The molecule has 0 spiro atoms. The minimum absolute atomic E-state index is 0.0515. The van der Waals surface area contributed by atoms with E-state index in [1.165, 1.54) is 24.4 Å². The van der Waals surface area contributed by atoms with E-state index in [1.54, 1.807) is 6.07 Å². The molecule has 2 rings (SSSR count). The Morgan fingerprint density at radius 3 is 2.53 bits per heavy atom. The van der Waals surface area contributed by atoms with Crippen molar-refractivity contribution in [2.75, 3.05) is 0 Å². The molecule has 0 aliphatic rings. The van der Waals surface area contributed by atoms with Crippen LogP contribution < -0.4 is 11.2 Å². The maximum atomic E-state index is 13.3. The largest absolute Gasteiger partial charge is 0.333 e. The van der Waals surface area contributed by atoms with Crippen LogP contribution in [-0.2, 0) is 0 Å².